The Balaban J connectivity index is 1.72. The number of alkyl halides is 3. The molecular weight excluding hydrogens is 536 g/mol. The lowest BCUT2D eigenvalue weighted by molar-refractivity contribution is -0.164. The van der Waals surface area contributed by atoms with E-state index in [0.717, 1.165) is 9.25 Å². The fourth-order valence-electron chi connectivity index (χ4n) is 3.38. The zero-order valence-electron chi connectivity index (χ0n) is 19.2. The van der Waals surface area contributed by atoms with Crippen molar-refractivity contribution in [3.63, 3.8) is 0 Å². The van der Waals surface area contributed by atoms with Gasteiger partial charge in [-0.15, -0.1) is 10.2 Å². The van der Waals surface area contributed by atoms with Gasteiger partial charge in [-0.05, 0) is 36.4 Å². The van der Waals surface area contributed by atoms with Crippen molar-refractivity contribution in [1.29, 1.82) is 0 Å². The summed E-state index contributed by atoms with van der Waals surface area (Å²) in [5.74, 6) is -0.405. The molecule has 1 aromatic carbocycles. The van der Waals surface area contributed by atoms with E-state index in [2.05, 4.69) is 20.2 Å². The Hall–Kier alpha value is -3.71. The normalized spacial score (nSPS) is 12.5. The minimum absolute atomic E-state index is 0.0473. The number of pyridine rings is 1. The fraction of sp³-hybridized carbons (Fsp3) is 0.273. The monoisotopic (exact) mass is 554 g/mol. The predicted octanol–water partition coefficient (Wildman–Crippen LogP) is 3.50. The summed E-state index contributed by atoms with van der Waals surface area (Å²) in [5, 5.41) is 11.1. The van der Waals surface area contributed by atoms with Crippen molar-refractivity contribution in [3.8, 4) is 17.2 Å². The van der Waals surface area contributed by atoms with Crippen molar-refractivity contribution < 1.29 is 18.0 Å². The average Bonchev–Trinajstić information content (AvgIpc) is 3.44. The first-order valence-corrected chi connectivity index (χ1v) is 11.6. The van der Waals surface area contributed by atoms with Crippen molar-refractivity contribution >= 4 is 29.1 Å². The molecule has 0 aliphatic rings. The lowest BCUT2D eigenvalue weighted by Gasteiger charge is -2.22. The van der Waals surface area contributed by atoms with Gasteiger partial charge in [0.1, 0.15) is 18.9 Å². The van der Waals surface area contributed by atoms with E-state index in [4.69, 9.17) is 23.2 Å². The molecule has 0 radical (unpaired) electrons. The van der Waals surface area contributed by atoms with Crippen molar-refractivity contribution in [2.45, 2.75) is 38.7 Å². The van der Waals surface area contributed by atoms with Gasteiger partial charge in [0, 0.05) is 23.2 Å². The van der Waals surface area contributed by atoms with Gasteiger partial charge in [0.15, 0.2) is 17.5 Å². The number of amides is 1. The highest BCUT2D eigenvalue weighted by molar-refractivity contribution is 6.32. The maximum atomic E-state index is 13.8. The summed E-state index contributed by atoms with van der Waals surface area (Å²) in [5.41, 5.74) is -0.501. The number of hydrogen-bond acceptors (Lipinski definition) is 6. The Morgan fingerprint density at radius 2 is 1.84 bits per heavy atom. The largest absolute Gasteiger partial charge is 0.410 e. The molecule has 0 aliphatic carbocycles. The minimum atomic E-state index is -4.81. The number of rotatable bonds is 8. The zero-order valence-corrected chi connectivity index (χ0v) is 20.7. The van der Waals surface area contributed by atoms with E-state index >= 15 is 0 Å². The molecule has 0 bridgehead atoms. The second-order valence-corrected chi connectivity index (χ2v) is 8.65. The van der Waals surface area contributed by atoms with Crippen LogP contribution < -0.4 is 11.0 Å². The van der Waals surface area contributed by atoms with Crippen LogP contribution in [0.3, 0.4) is 0 Å². The van der Waals surface area contributed by atoms with E-state index < -0.39 is 30.4 Å². The van der Waals surface area contributed by atoms with Gasteiger partial charge in [-0.25, -0.2) is 24.1 Å². The molecule has 0 saturated carbocycles. The summed E-state index contributed by atoms with van der Waals surface area (Å²) in [7, 11) is 0. The Bertz CT molecular complexity index is 1460. The number of halogens is 5. The molecule has 1 amide bonds. The molecule has 0 fully saturated rings. The van der Waals surface area contributed by atoms with Gasteiger partial charge >= 0.3 is 11.9 Å². The van der Waals surface area contributed by atoms with Gasteiger partial charge in [-0.3, -0.25) is 9.36 Å². The van der Waals surface area contributed by atoms with E-state index in [0.29, 0.717) is 21.4 Å². The number of nitrogens with zero attached hydrogens (tertiary/aromatic N) is 7. The Morgan fingerprint density at radius 1 is 1.11 bits per heavy atom. The van der Waals surface area contributed by atoms with Gasteiger partial charge in [-0.1, -0.05) is 30.1 Å². The molecule has 3 heterocycles. The van der Waals surface area contributed by atoms with Crippen molar-refractivity contribution in [3.05, 3.63) is 75.3 Å². The van der Waals surface area contributed by atoms with Gasteiger partial charge in [0.05, 0.1) is 11.6 Å². The number of carbonyl (C=O) groups excluding carboxylic acids is 1. The number of nitrogens with one attached hydrogen (secondary N) is 1. The maximum Gasteiger partial charge on any atom is 0.410 e. The van der Waals surface area contributed by atoms with Gasteiger partial charge in [0.25, 0.3) is 0 Å². The van der Waals surface area contributed by atoms with Crippen molar-refractivity contribution in [1.82, 2.24) is 39.4 Å². The standard InChI is InChI=1S/C22H19Cl2F3N8O2/c1-2-18(36)30-16(22(25,26)27)10-33-19(13-5-7-14(23)8-6-13)32-34(21(33)37)11-17-29-12-35(31-17)20-15(24)4-3-9-28-20/h3-9,12,16H,2,10-11H2,1H3,(H,30,36). The maximum absolute atomic E-state index is 13.8. The first-order valence-electron chi connectivity index (χ1n) is 10.9. The van der Waals surface area contributed by atoms with Crippen LogP contribution >= 0.6 is 23.2 Å². The number of carbonyl (C=O) groups is 1. The molecule has 0 spiro atoms. The highest BCUT2D eigenvalue weighted by atomic mass is 35.5. The molecule has 0 aliphatic heterocycles. The summed E-state index contributed by atoms with van der Waals surface area (Å²) in [6.07, 6.45) is -2.11. The van der Waals surface area contributed by atoms with Crippen molar-refractivity contribution in [2.75, 3.05) is 0 Å². The lowest BCUT2D eigenvalue weighted by Crippen LogP contribution is -2.49. The molecular formula is C22H19Cl2F3N8O2. The molecule has 194 valence electrons. The Kier molecular flexibility index (Phi) is 7.64. The first-order chi connectivity index (χ1) is 17.6. The average molecular weight is 555 g/mol. The summed E-state index contributed by atoms with van der Waals surface area (Å²) < 4.78 is 44.4. The number of hydrogen-bond donors (Lipinski definition) is 1. The second kappa shape index (κ2) is 10.7. The van der Waals surface area contributed by atoms with Gasteiger partial charge < -0.3 is 5.32 Å². The van der Waals surface area contributed by atoms with Crippen LogP contribution in [-0.2, 0) is 17.9 Å². The molecule has 15 heteroatoms. The molecule has 1 unspecified atom stereocenters. The van der Waals surface area contributed by atoms with Crippen LogP contribution in [0.1, 0.15) is 19.2 Å². The topological polar surface area (TPSA) is 113 Å². The van der Waals surface area contributed by atoms with Crippen LogP contribution in [0, 0.1) is 0 Å². The van der Waals surface area contributed by atoms with E-state index in [1.807, 2.05) is 5.32 Å². The molecule has 1 N–H and O–H groups in total. The van der Waals surface area contributed by atoms with Crippen molar-refractivity contribution in [2.24, 2.45) is 0 Å². The van der Waals surface area contributed by atoms with Crippen LogP contribution in [-0.4, -0.2) is 52.2 Å². The third-order valence-corrected chi connectivity index (χ3v) is 5.78. The van der Waals surface area contributed by atoms with Crippen LogP contribution in [0.4, 0.5) is 13.2 Å². The van der Waals surface area contributed by atoms with Gasteiger partial charge in [0.2, 0.25) is 5.91 Å². The minimum Gasteiger partial charge on any atom is -0.343 e. The molecule has 4 rings (SSSR count). The summed E-state index contributed by atoms with van der Waals surface area (Å²) in [4.78, 5) is 33.3. The third kappa shape index (κ3) is 6.00. The summed E-state index contributed by atoms with van der Waals surface area (Å²) >= 11 is 12.1. The quantitative estimate of drug-likeness (QED) is 0.356. The Labute approximate surface area is 217 Å². The molecule has 4 aromatic rings. The van der Waals surface area contributed by atoms with Gasteiger partial charge in [-0.2, -0.15) is 13.2 Å². The van der Waals surface area contributed by atoms with E-state index in [1.165, 1.54) is 48.4 Å². The molecule has 1 atom stereocenters. The first kappa shape index (κ1) is 26.4. The zero-order chi connectivity index (χ0) is 26.7. The van der Waals surface area contributed by atoms with Crippen LogP contribution in [0.15, 0.2) is 53.7 Å². The SMILES string of the molecule is CCC(=O)NC(Cn1c(-c2ccc(Cl)cc2)nn(Cc2ncn(-c3ncccc3Cl)n2)c1=O)C(F)(F)F. The smallest absolute Gasteiger partial charge is 0.343 e. The molecule has 10 nitrogen and oxygen atoms in total. The van der Waals surface area contributed by atoms with Crippen LogP contribution in [0.5, 0.6) is 0 Å². The fourth-order valence-corrected chi connectivity index (χ4v) is 3.72. The Morgan fingerprint density at radius 3 is 2.49 bits per heavy atom. The highest BCUT2D eigenvalue weighted by Crippen LogP contribution is 2.24. The summed E-state index contributed by atoms with van der Waals surface area (Å²) in [6.45, 7) is 0.287. The third-order valence-electron chi connectivity index (χ3n) is 5.23. The summed E-state index contributed by atoms with van der Waals surface area (Å²) in [6, 6.07) is 7.03. The number of aromatic nitrogens is 7. The predicted molar refractivity (Wildman–Crippen MR) is 128 cm³/mol. The molecule has 3 aromatic heterocycles. The van der Waals surface area contributed by atoms with E-state index in [1.54, 1.807) is 12.1 Å². The van der Waals surface area contributed by atoms with Crippen LogP contribution in [0.2, 0.25) is 10.0 Å². The lowest BCUT2D eigenvalue weighted by atomic mass is 10.2. The van der Waals surface area contributed by atoms with E-state index in [-0.39, 0.29) is 24.6 Å². The number of benzene rings is 1. The van der Waals surface area contributed by atoms with Crippen LogP contribution in [0.25, 0.3) is 17.2 Å². The van der Waals surface area contributed by atoms with E-state index in [9.17, 15) is 22.8 Å². The molecule has 0 saturated heterocycles. The second-order valence-electron chi connectivity index (χ2n) is 7.81. The molecule has 37 heavy (non-hydrogen) atoms. The highest BCUT2D eigenvalue weighted by Gasteiger charge is 2.41.